The third kappa shape index (κ3) is 5.44. The SMILES string of the molecule is CCC(=O)c1cc(NCCCc2c(N)nc(N)[nH]c2=O)ccc1/C=C/C(=O)O. The molecule has 0 atom stereocenters. The minimum atomic E-state index is -1.08. The van der Waals surface area contributed by atoms with Gasteiger partial charge in [0.15, 0.2) is 5.78 Å². The minimum Gasteiger partial charge on any atom is -0.478 e. The smallest absolute Gasteiger partial charge is 0.328 e. The van der Waals surface area contributed by atoms with Crippen molar-refractivity contribution in [3.63, 3.8) is 0 Å². The van der Waals surface area contributed by atoms with Crippen LogP contribution in [0.15, 0.2) is 29.1 Å². The number of carbonyl (C=O) groups excluding carboxylic acids is 1. The fourth-order valence-electron chi connectivity index (χ4n) is 2.68. The van der Waals surface area contributed by atoms with Crippen LogP contribution < -0.4 is 22.3 Å². The van der Waals surface area contributed by atoms with E-state index in [1.165, 1.54) is 6.08 Å². The summed E-state index contributed by atoms with van der Waals surface area (Å²) in [6, 6.07) is 5.15. The summed E-state index contributed by atoms with van der Waals surface area (Å²) in [6.45, 7) is 2.28. The third-order valence-electron chi connectivity index (χ3n) is 4.08. The minimum absolute atomic E-state index is 0.0190. The number of anilines is 3. The number of aliphatic carboxylic acids is 1. The lowest BCUT2D eigenvalue weighted by Crippen LogP contribution is -2.20. The van der Waals surface area contributed by atoms with Gasteiger partial charge < -0.3 is 21.9 Å². The topological polar surface area (TPSA) is 164 Å². The van der Waals surface area contributed by atoms with Crippen molar-refractivity contribution >= 4 is 35.3 Å². The van der Waals surface area contributed by atoms with Gasteiger partial charge in [0, 0.05) is 30.3 Å². The van der Waals surface area contributed by atoms with Crippen molar-refractivity contribution in [2.45, 2.75) is 26.2 Å². The summed E-state index contributed by atoms with van der Waals surface area (Å²) in [6.07, 6.45) is 3.73. The first-order valence-corrected chi connectivity index (χ1v) is 8.78. The Morgan fingerprint density at radius 1 is 1.32 bits per heavy atom. The number of aromatic amines is 1. The van der Waals surface area contributed by atoms with E-state index < -0.39 is 5.97 Å². The van der Waals surface area contributed by atoms with Crippen LogP contribution in [0, 0.1) is 0 Å². The molecule has 28 heavy (non-hydrogen) atoms. The summed E-state index contributed by atoms with van der Waals surface area (Å²) >= 11 is 0. The summed E-state index contributed by atoms with van der Waals surface area (Å²) in [4.78, 5) is 41.0. The number of ketones is 1. The number of benzene rings is 1. The Kier molecular flexibility index (Phi) is 6.91. The van der Waals surface area contributed by atoms with Gasteiger partial charge in [0.25, 0.3) is 5.56 Å². The highest BCUT2D eigenvalue weighted by molar-refractivity contribution is 6.01. The molecule has 0 saturated heterocycles. The molecule has 9 nitrogen and oxygen atoms in total. The van der Waals surface area contributed by atoms with Crippen LogP contribution in [0.2, 0.25) is 0 Å². The molecule has 0 radical (unpaired) electrons. The molecule has 1 heterocycles. The first-order chi connectivity index (χ1) is 13.3. The molecule has 1 aromatic carbocycles. The number of hydrogen-bond acceptors (Lipinski definition) is 7. The summed E-state index contributed by atoms with van der Waals surface area (Å²) in [7, 11) is 0. The predicted molar refractivity (Wildman–Crippen MR) is 108 cm³/mol. The molecular weight excluding hydrogens is 362 g/mol. The van der Waals surface area contributed by atoms with Crippen molar-refractivity contribution in [3.05, 3.63) is 51.3 Å². The van der Waals surface area contributed by atoms with E-state index in [0.717, 1.165) is 11.8 Å². The highest BCUT2D eigenvalue weighted by Crippen LogP contribution is 2.19. The van der Waals surface area contributed by atoms with Gasteiger partial charge in [0.2, 0.25) is 5.95 Å². The van der Waals surface area contributed by atoms with E-state index in [-0.39, 0.29) is 23.1 Å². The number of hydrogen-bond donors (Lipinski definition) is 5. The zero-order valence-corrected chi connectivity index (χ0v) is 15.5. The van der Waals surface area contributed by atoms with Crippen molar-refractivity contribution in [2.24, 2.45) is 0 Å². The van der Waals surface area contributed by atoms with Crippen molar-refractivity contribution < 1.29 is 14.7 Å². The summed E-state index contributed by atoms with van der Waals surface area (Å²) in [5.74, 6) is -1.06. The van der Waals surface area contributed by atoms with E-state index >= 15 is 0 Å². The Labute approximate surface area is 161 Å². The van der Waals surface area contributed by atoms with Gasteiger partial charge >= 0.3 is 5.97 Å². The Hall–Kier alpha value is -3.62. The fraction of sp³-hybridized carbons (Fsp3) is 0.263. The maximum absolute atomic E-state index is 12.2. The summed E-state index contributed by atoms with van der Waals surface area (Å²) < 4.78 is 0. The number of H-pyrrole nitrogens is 1. The lowest BCUT2D eigenvalue weighted by Gasteiger charge is -2.11. The number of nitrogens with two attached hydrogens (primary N) is 2. The molecule has 0 aliphatic rings. The quantitative estimate of drug-likeness (QED) is 0.247. The van der Waals surface area contributed by atoms with E-state index in [0.29, 0.717) is 42.5 Å². The fourth-order valence-corrected chi connectivity index (χ4v) is 2.68. The largest absolute Gasteiger partial charge is 0.478 e. The molecule has 0 spiro atoms. The van der Waals surface area contributed by atoms with Gasteiger partial charge in [-0.1, -0.05) is 13.0 Å². The Morgan fingerprint density at radius 2 is 2.07 bits per heavy atom. The number of nitrogen functional groups attached to an aromatic ring is 2. The lowest BCUT2D eigenvalue weighted by atomic mass is 10.0. The summed E-state index contributed by atoms with van der Waals surface area (Å²) in [5.41, 5.74) is 12.9. The Balaban J connectivity index is 2.05. The Bertz CT molecular complexity index is 965. The maximum Gasteiger partial charge on any atom is 0.328 e. The standard InChI is InChI=1S/C19H23N5O4/c1-2-15(25)14-10-12(7-5-11(14)6-8-16(26)27)22-9-3-4-13-17(20)23-19(21)24-18(13)28/h5-8,10,22H,2-4,9H2,1H3,(H,26,27)(H5,20,21,23,24,28)/b8-6+. The van der Waals surface area contributed by atoms with Crippen LogP contribution >= 0.6 is 0 Å². The molecule has 148 valence electrons. The monoisotopic (exact) mass is 385 g/mol. The van der Waals surface area contributed by atoms with Crippen molar-refractivity contribution in [1.29, 1.82) is 0 Å². The number of nitrogens with zero attached hydrogens (tertiary/aromatic N) is 1. The van der Waals surface area contributed by atoms with E-state index in [2.05, 4.69) is 15.3 Å². The van der Waals surface area contributed by atoms with Crippen LogP contribution in [-0.2, 0) is 11.2 Å². The molecule has 1 aromatic heterocycles. The first kappa shape index (κ1) is 20.7. The number of nitrogens with one attached hydrogen (secondary N) is 2. The molecule has 0 unspecified atom stereocenters. The van der Waals surface area contributed by atoms with Crippen LogP contribution in [0.4, 0.5) is 17.5 Å². The van der Waals surface area contributed by atoms with Gasteiger partial charge in [-0.15, -0.1) is 0 Å². The number of carbonyl (C=O) groups is 2. The average molecular weight is 385 g/mol. The molecule has 7 N–H and O–H groups in total. The molecular formula is C19H23N5O4. The number of aromatic nitrogens is 2. The molecule has 2 aromatic rings. The number of carboxylic acid groups (broad SMARTS) is 1. The van der Waals surface area contributed by atoms with Gasteiger partial charge in [-0.3, -0.25) is 14.6 Å². The second-order valence-corrected chi connectivity index (χ2v) is 6.10. The van der Waals surface area contributed by atoms with Gasteiger partial charge in [0.1, 0.15) is 5.82 Å². The molecule has 0 saturated carbocycles. The van der Waals surface area contributed by atoms with Crippen LogP contribution in [0.1, 0.15) is 41.3 Å². The molecule has 0 bridgehead atoms. The normalized spacial score (nSPS) is 10.9. The number of rotatable bonds is 9. The van der Waals surface area contributed by atoms with Gasteiger partial charge in [0.05, 0.1) is 5.56 Å². The lowest BCUT2D eigenvalue weighted by molar-refractivity contribution is -0.131. The van der Waals surface area contributed by atoms with Crippen LogP contribution in [0.25, 0.3) is 6.08 Å². The predicted octanol–water partition coefficient (Wildman–Crippen LogP) is 1.67. The van der Waals surface area contributed by atoms with E-state index in [1.54, 1.807) is 25.1 Å². The van der Waals surface area contributed by atoms with Crippen molar-refractivity contribution in [1.82, 2.24) is 9.97 Å². The molecule has 0 amide bonds. The second kappa shape index (κ2) is 9.36. The highest BCUT2D eigenvalue weighted by atomic mass is 16.4. The van der Waals surface area contributed by atoms with Crippen LogP contribution in [0.5, 0.6) is 0 Å². The maximum atomic E-state index is 12.2. The highest BCUT2D eigenvalue weighted by Gasteiger charge is 2.10. The van der Waals surface area contributed by atoms with Gasteiger partial charge in [-0.2, -0.15) is 4.98 Å². The van der Waals surface area contributed by atoms with Crippen molar-refractivity contribution in [3.8, 4) is 0 Å². The zero-order chi connectivity index (χ0) is 20.7. The average Bonchev–Trinajstić information content (AvgIpc) is 2.64. The van der Waals surface area contributed by atoms with Gasteiger partial charge in [-0.25, -0.2) is 4.79 Å². The first-order valence-electron chi connectivity index (χ1n) is 8.78. The van der Waals surface area contributed by atoms with E-state index in [9.17, 15) is 14.4 Å². The molecule has 0 aliphatic heterocycles. The van der Waals surface area contributed by atoms with Gasteiger partial charge in [-0.05, 0) is 36.6 Å². The third-order valence-corrected chi connectivity index (χ3v) is 4.08. The second-order valence-electron chi connectivity index (χ2n) is 6.10. The summed E-state index contributed by atoms with van der Waals surface area (Å²) in [5, 5.41) is 12.0. The number of Topliss-reactive ketones (excluding diaryl/α,β-unsaturated/α-hetero) is 1. The Morgan fingerprint density at radius 3 is 2.71 bits per heavy atom. The van der Waals surface area contributed by atoms with Crippen LogP contribution in [-0.4, -0.2) is 33.4 Å². The van der Waals surface area contributed by atoms with E-state index in [4.69, 9.17) is 16.6 Å². The van der Waals surface area contributed by atoms with Crippen molar-refractivity contribution in [2.75, 3.05) is 23.3 Å². The molecule has 0 fully saturated rings. The molecule has 9 heteroatoms. The zero-order valence-electron chi connectivity index (χ0n) is 15.5. The van der Waals surface area contributed by atoms with Crippen LogP contribution in [0.3, 0.4) is 0 Å². The molecule has 2 rings (SSSR count). The molecule has 0 aliphatic carbocycles. The van der Waals surface area contributed by atoms with E-state index in [1.807, 2.05) is 0 Å². The number of carboxylic acids is 1.